The molecule has 0 bridgehead atoms. The van der Waals surface area contributed by atoms with Gasteiger partial charge in [0.15, 0.2) is 0 Å². The maximum Gasteiger partial charge on any atom is 0.0900 e. The molecule has 2 aliphatic rings. The predicted octanol–water partition coefficient (Wildman–Crippen LogP) is 0.922. The number of rotatable bonds is 8. The summed E-state index contributed by atoms with van der Waals surface area (Å²) >= 11 is 0. The summed E-state index contributed by atoms with van der Waals surface area (Å²) < 4.78 is 5.00. The van der Waals surface area contributed by atoms with Crippen LogP contribution in [0.3, 0.4) is 0 Å². The van der Waals surface area contributed by atoms with Gasteiger partial charge in [0.25, 0.3) is 0 Å². The highest BCUT2D eigenvalue weighted by Crippen LogP contribution is 2.16. The number of aliphatic hydroxyl groups is 1. The first-order valence-corrected chi connectivity index (χ1v) is 9.09. The normalized spacial score (nSPS) is 24.7. The molecule has 22 heavy (non-hydrogen) atoms. The molecular formula is C17H35N3O2. The van der Waals surface area contributed by atoms with Crippen LogP contribution >= 0.6 is 0 Å². The molecule has 0 aromatic heterocycles. The molecule has 0 aliphatic carbocycles. The van der Waals surface area contributed by atoms with Gasteiger partial charge in [-0.15, -0.1) is 0 Å². The number of likely N-dealkylation sites (tertiary alicyclic amines) is 2. The molecule has 0 radical (unpaired) electrons. The summed E-state index contributed by atoms with van der Waals surface area (Å²) in [5.74, 6) is 0. The number of aliphatic hydroxyl groups excluding tert-OH is 1. The Bertz CT molecular complexity index is 288. The van der Waals surface area contributed by atoms with Gasteiger partial charge in [0.2, 0.25) is 0 Å². The van der Waals surface area contributed by atoms with Crippen LogP contribution in [-0.4, -0.2) is 86.1 Å². The molecule has 0 amide bonds. The average molecular weight is 313 g/mol. The van der Waals surface area contributed by atoms with Crippen LogP contribution in [0.1, 0.15) is 39.0 Å². The molecule has 0 spiro atoms. The molecular weight excluding hydrogens is 278 g/mol. The molecule has 2 saturated heterocycles. The molecule has 2 fully saturated rings. The first kappa shape index (κ1) is 18.1. The van der Waals surface area contributed by atoms with E-state index in [2.05, 4.69) is 22.0 Å². The van der Waals surface area contributed by atoms with Crippen molar-refractivity contribution in [3.8, 4) is 0 Å². The number of methoxy groups -OCH3 is 1. The van der Waals surface area contributed by atoms with Gasteiger partial charge in [-0.25, -0.2) is 0 Å². The minimum atomic E-state index is -0.350. The molecule has 130 valence electrons. The summed E-state index contributed by atoms with van der Waals surface area (Å²) in [7, 11) is 1.64. The van der Waals surface area contributed by atoms with Crippen LogP contribution < -0.4 is 5.32 Å². The Kier molecular flexibility index (Phi) is 8.11. The van der Waals surface area contributed by atoms with Gasteiger partial charge in [0.05, 0.1) is 12.7 Å². The van der Waals surface area contributed by atoms with E-state index in [1.165, 1.54) is 51.7 Å². The van der Waals surface area contributed by atoms with Crippen molar-refractivity contribution in [1.82, 2.24) is 15.1 Å². The van der Waals surface area contributed by atoms with Crippen LogP contribution in [0.2, 0.25) is 0 Å². The molecule has 2 rings (SSSR count). The van der Waals surface area contributed by atoms with E-state index in [9.17, 15) is 5.11 Å². The number of β-amino-alcohol motifs (C(OH)–C–C–N with tert-alkyl or cyclic N) is 1. The number of hydrogen-bond acceptors (Lipinski definition) is 5. The lowest BCUT2D eigenvalue weighted by Gasteiger charge is -2.38. The van der Waals surface area contributed by atoms with Crippen molar-refractivity contribution in [2.75, 3.05) is 53.0 Å². The van der Waals surface area contributed by atoms with E-state index in [4.69, 9.17) is 4.74 Å². The van der Waals surface area contributed by atoms with Gasteiger partial charge < -0.3 is 25.0 Å². The molecule has 2 N–H and O–H groups in total. The summed E-state index contributed by atoms with van der Waals surface area (Å²) in [4.78, 5) is 4.96. The van der Waals surface area contributed by atoms with Crippen LogP contribution in [0.4, 0.5) is 0 Å². The summed E-state index contributed by atoms with van der Waals surface area (Å²) in [6.45, 7) is 9.41. The molecule has 0 saturated carbocycles. The van der Waals surface area contributed by atoms with Gasteiger partial charge in [0, 0.05) is 25.7 Å². The van der Waals surface area contributed by atoms with Crippen molar-refractivity contribution in [3.63, 3.8) is 0 Å². The Hall–Kier alpha value is -0.200. The SMILES string of the molecule is CCCN1CCC(NC2CCN(CC(O)COC)CC2)CC1. The van der Waals surface area contributed by atoms with E-state index < -0.39 is 0 Å². The zero-order chi connectivity index (χ0) is 15.8. The number of ether oxygens (including phenoxy) is 1. The molecule has 5 heteroatoms. The summed E-state index contributed by atoms with van der Waals surface area (Å²) in [5, 5.41) is 13.7. The van der Waals surface area contributed by atoms with Crippen LogP contribution in [0, 0.1) is 0 Å². The zero-order valence-corrected chi connectivity index (χ0v) is 14.5. The van der Waals surface area contributed by atoms with E-state index >= 15 is 0 Å². The Labute approximate surface area is 136 Å². The number of nitrogens with one attached hydrogen (secondary N) is 1. The molecule has 2 heterocycles. The molecule has 1 atom stereocenters. The smallest absolute Gasteiger partial charge is 0.0900 e. The fourth-order valence-electron chi connectivity index (χ4n) is 3.80. The predicted molar refractivity (Wildman–Crippen MR) is 90.2 cm³/mol. The average Bonchev–Trinajstić information content (AvgIpc) is 2.52. The fourth-order valence-corrected chi connectivity index (χ4v) is 3.80. The lowest BCUT2D eigenvalue weighted by atomic mass is 9.99. The lowest BCUT2D eigenvalue weighted by molar-refractivity contribution is 0.0303. The molecule has 0 aromatic rings. The molecule has 2 aliphatic heterocycles. The van der Waals surface area contributed by atoms with Crippen molar-refractivity contribution in [2.45, 2.75) is 57.2 Å². The summed E-state index contributed by atoms with van der Waals surface area (Å²) in [6, 6.07) is 1.38. The number of piperidine rings is 2. The second kappa shape index (κ2) is 9.83. The van der Waals surface area contributed by atoms with Gasteiger partial charge >= 0.3 is 0 Å². The maximum absolute atomic E-state index is 9.81. The van der Waals surface area contributed by atoms with Gasteiger partial charge in [-0.1, -0.05) is 6.92 Å². The van der Waals surface area contributed by atoms with Crippen LogP contribution in [0.5, 0.6) is 0 Å². The lowest BCUT2D eigenvalue weighted by Crippen LogP contribution is -2.50. The summed E-state index contributed by atoms with van der Waals surface area (Å²) in [5.41, 5.74) is 0. The van der Waals surface area contributed by atoms with Crippen molar-refractivity contribution in [2.24, 2.45) is 0 Å². The van der Waals surface area contributed by atoms with E-state index in [-0.39, 0.29) is 6.10 Å². The van der Waals surface area contributed by atoms with Gasteiger partial charge in [0.1, 0.15) is 0 Å². The highest BCUT2D eigenvalue weighted by molar-refractivity contribution is 4.84. The maximum atomic E-state index is 9.81. The number of nitrogens with zero attached hydrogens (tertiary/aromatic N) is 2. The monoisotopic (exact) mass is 313 g/mol. The number of hydrogen-bond donors (Lipinski definition) is 2. The molecule has 0 aromatic carbocycles. The Morgan fingerprint density at radius 3 is 2.09 bits per heavy atom. The molecule has 5 nitrogen and oxygen atoms in total. The minimum absolute atomic E-state index is 0.350. The van der Waals surface area contributed by atoms with Gasteiger partial charge in [-0.05, 0) is 64.8 Å². The van der Waals surface area contributed by atoms with Crippen molar-refractivity contribution in [1.29, 1.82) is 0 Å². The van der Waals surface area contributed by atoms with E-state index in [1.807, 2.05) is 0 Å². The topological polar surface area (TPSA) is 48.0 Å². The van der Waals surface area contributed by atoms with E-state index in [1.54, 1.807) is 7.11 Å². The highest BCUT2D eigenvalue weighted by atomic mass is 16.5. The third-order valence-electron chi connectivity index (χ3n) is 5.01. The van der Waals surface area contributed by atoms with Crippen molar-refractivity contribution < 1.29 is 9.84 Å². The third-order valence-corrected chi connectivity index (χ3v) is 5.01. The standard InChI is InChI=1S/C17H35N3O2/c1-3-8-19-9-4-15(5-10-19)18-16-6-11-20(12-7-16)13-17(21)14-22-2/h15-18,21H,3-14H2,1-2H3. The Morgan fingerprint density at radius 1 is 1.05 bits per heavy atom. The second-order valence-electron chi connectivity index (χ2n) is 6.97. The van der Waals surface area contributed by atoms with Crippen LogP contribution in [0.25, 0.3) is 0 Å². The Balaban J connectivity index is 1.60. The zero-order valence-electron chi connectivity index (χ0n) is 14.5. The minimum Gasteiger partial charge on any atom is -0.389 e. The summed E-state index contributed by atoms with van der Waals surface area (Å²) in [6.07, 6.45) is 5.92. The van der Waals surface area contributed by atoms with E-state index in [0.29, 0.717) is 18.7 Å². The largest absolute Gasteiger partial charge is 0.389 e. The third kappa shape index (κ3) is 6.13. The van der Waals surface area contributed by atoms with E-state index in [0.717, 1.165) is 19.6 Å². The fraction of sp³-hybridized carbons (Fsp3) is 1.00. The molecule has 1 unspecified atom stereocenters. The second-order valence-corrected chi connectivity index (χ2v) is 6.97. The van der Waals surface area contributed by atoms with Gasteiger partial charge in [-0.3, -0.25) is 0 Å². The first-order valence-electron chi connectivity index (χ1n) is 9.09. The van der Waals surface area contributed by atoms with Gasteiger partial charge in [-0.2, -0.15) is 0 Å². The Morgan fingerprint density at radius 2 is 1.59 bits per heavy atom. The quantitative estimate of drug-likeness (QED) is 0.698. The first-order chi connectivity index (χ1) is 10.7. The highest BCUT2D eigenvalue weighted by Gasteiger charge is 2.25. The van der Waals surface area contributed by atoms with Crippen LogP contribution in [0.15, 0.2) is 0 Å². The van der Waals surface area contributed by atoms with Crippen molar-refractivity contribution >= 4 is 0 Å². The van der Waals surface area contributed by atoms with Crippen LogP contribution in [-0.2, 0) is 4.74 Å². The van der Waals surface area contributed by atoms with Crippen molar-refractivity contribution in [3.05, 3.63) is 0 Å².